The molecule has 0 aromatic carbocycles. The van der Waals surface area contributed by atoms with E-state index in [2.05, 4.69) is 25.3 Å². The number of likely N-dealkylation sites (tertiary alicyclic amines) is 1. The molecule has 2 unspecified atom stereocenters. The molecule has 1 rings (SSSR count). The van der Waals surface area contributed by atoms with Crippen LogP contribution >= 0.6 is 0 Å². The molecule has 1 saturated heterocycles. The largest absolute Gasteiger partial charge is 0.297 e. The van der Waals surface area contributed by atoms with Crippen molar-refractivity contribution in [1.29, 1.82) is 0 Å². The Morgan fingerprint density at radius 1 is 1.29 bits per heavy atom. The van der Waals surface area contributed by atoms with E-state index in [1.807, 2.05) is 33.8 Å². The lowest BCUT2D eigenvalue weighted by Crippen LogP contribution is -2.28. The van der Waals surface area contributed by atoms with Crippen molar-refractivity contribution in [2.24, 2.45) is 5.92 Å². The summed E-state index contributed by atoms with van der Waals surface area (Å²) in [5.74, 6) is 0.891. The normalized spacial score (nSPS) is 22.6. The molecule has 0 saturated carbocycles. The van der Waals surface area contributed by atoms with Crippen molar-refractivity contribution < 1.29 is 0 Å². The number of hydrogen-bond donors (Lipinski definition) is 0. The van der Waals surface area contributed by atoms with Crippen molar-refractivity contribution in [2.45, 2.75) is 54.0 Å². The molecule has 0 spiro atoms. The molecule has 0 aromatic rings. The van der Waals surface area contributed by atoms with Gasteiger partial charge in [-0.25, -0.2) is 0 Å². The molecule has 0 bridgehead atoms. The Hall–Kier alpha value is -0.300. The molecule has 1 aliphatic rings. The predicted octanol–water partition coefficient (Wildman–Crippen LogP) is 3.96. The van der Waals surface area contributed by atoms with Gasteiger partial charge in [0.25, 0.3) is 0 Å². The Morgan fingerprint density at radius 2 is 1.79 bits per heavy atom. The van der Waals surface area contributed by atoms with Crippen LogP contribution in [0, 0.1) is 5.92 Å². The molecule has 0 N–H and O–H groups in total. The van der Waals surface area contributed by atoms with Gasteiger partial charge < -0.3 is 0 Å². The zero-order valence-corrected chi connectivity index (χ0v) is 11.0. The summed E-state index contributed by atoms with van der Waals surface area (Å²) in [5, 5.41) is 0. The van der Waals surface area contributed by atoms with Gasteiger partial charge in [0.2, 0.25) is 0 Å². The Bertz CT molecular complexity index is 120. The molecule has 1 fully saturated rings. The SMILES string of the molecule is C=CC(C)N1CCC(C)C1.CC.CC. The molecule has 1 nitrogen and oxygen atoms in total. The maximum Gasteiger partial charge on any atom is 0.0247 e. The van der Waals surface area contributed by atoms with E-state index in [4.69, 9.17) is 0 Å². The van der Waals surface area contributed by atoms with Crippen molar-refractivity contribution in [3.63, 3.8) is 0 Å². The van der Waals surface area contributed by atoms with Gasteiger partial charge in [-0.3, -0.25) is 4.90 Å². The average molecular weight is 199 g/mol. The number of hydrogen-bond acceptors (Lipinski definition) is 1. The molecule has 86 valence electrons. The molecule has 1 aliphatic heterocycles. The maximum absolute atomic E-state index is 3.79. The highest BCUT2D eigenvalue weighted by atomic mass is 15.2. The Morgan fingerprint density at radius 3 is 2.07 bits per heavy atom. The van der Waals surface area contributed by atoms with Crippen LogP contribution in [-0.2, 0) is 0 Å². The molecule has 0 aromatic heterocycles. The van der Waals surface area contributed by atoms with E-state index >= 15 is 0 Å². The van der Waals surface area contributed by atoms with Gasteiger partial charge in [-0.1, -0.05) is 40.7 Å². The molecular weight excluding hydrogens is 170 g/mol. The second-order valence-electron chi connectivity index (χ2n) is 3.37. The van der Waals surface area contributed by atoms with Gasteiger partial charge in [-0.15, -0.1) is 6.58 Å². The minimum atomic E-state index is 0.574. The fourth-order valence-electron chi connectivity index (χ4n) is 1.49. The van der Waals surface area contributed by atoms with Gasteiger partial charge in [-0.05, 0) is 25.8 Å². The monoisotopic (exact) mass is 199 g/mol. The second kappa shape index (κ2) is 10.8. The fourth-order valence-corrected chi connectivity index (χ4v) is 1.49. The van der Waals surface area contributed by atoms with Crippen molar-refractivity contribution in [2.75, 3.05) is 13.1 Å². The van der Waals surface area contributed by atoms with Crippen LogP contribution in [0.15, 0.2) is 12.7 Å². The summed E-state index contributed by atoms with van der Waals surface area (Å²) in [4.78, 5) is 2.48. The summed E-state index contributed by atoms with van der Waals surface area (Å²) in [7, 11) is 0. The third-order valence-corrected chi connectivity index (χ3v) is 2.37. The van der Waals surface area contributed by atoms with E-state index in [-0.39, 0.29) is 0 Å². The van der Waals surface area contributed by atoms with Gasteiger partial charge >= 0.3 is 0 Å². The van der Waals surface area contributed by atoms with E-state index in [1.165, 1.54) is 19.5 Å². The summed E-state index contributed by atoms with van der Waals surface area (Å²) in [5.41, 5.74) is 0. The highest BCUT2D eigenvalue weighted by molar-refractivity contribution is 4.87. The Labute approximate surface area is 91.2 Å². The molecule has 14 heavy (non-hydrogen) atoms. The molecule has 0 radical (unpaired) electrons. The van der Waals surface area contributed by atoms with Crippen LogP contribution in [0.2, 0.25) is 0 Å². The van der Waals surface area contributed by atoms with Crippen LogP contribution in [0.5, 0.6) is 0 Å². The van der Waals surface area contributed by atoms with Gasteiger partial charge in [0.05, 0.1) is 0 Å². The van der Waals surface area contributed by atoms with Crippen LogP contribution in [0.25, 0.3) is 0 Å². The van der Waals surface area contributed by atoms with E-state index in [0.29, 0.717) is 6.04 Å². The first kappa shape index (κ1) is 16.1. The summed E-state index contributed by atoms with van der Waals surface area (Å²) >= 11 is 0. The van der Waals surface area contributed by atoms with Crippen molar-refractivity contribution in [3.8, 4) is 0 Å². The summed E-state index contributed by atoms with van der Waals surface area (Å²) in [6, 6.07) is 0.574. The topological polar surface area (TPSA) is 3.24 Å². The molecule has 0 amide bonds. The lowest BCUT2D eigenvalue weighted by molar-refractivity contribution is 0.291. The lowest BCUT2D eigenvalue weighted by atomic mass is 10.2. The van der Waals surface area contributed by atoms with Crippen LogP contribution in [-0.4, -0.2) is 24.0 Å². The predicted molar refractivity (Wildman–Crippen MR) is 67.7 cm³/mol. The average Bonchev–Trinajstić information content (AvgIpc) is 2.69. The zero-order valence-electron chi connectivity index (χ0n) is 11.0. The van der Waals surface area contributed by atoms with Crippen LogP contribution in [0.4, 0.5) is 0 Å². The molecule has 1 heteroatoms. The van der Waals surface area contributed by atoms with Gasteiger partial charge in [0.15, 0.2) is 0 Å². The highest BCUT2D eigenvalue weighted by Gasteiger charge is 2.20. The van der Waals surface area contributed by atoms with E-state index in [0.717, 1.165) is 5.92 Å². The third kappa shape index (κ3) is 6.20. The minimum Gasteiger partial charge on any atom is -0.297 e. The zero-order chi connectivity index (χ0) is 11.6. The number of nitrogens with zero attached hydrogens (tertiary/aromatic N) is 1. The van der Waals surface area contributed by atoms with Crippen LogP contribution in [0.3, 0.4) is 0 Å². The molecule has 1 heterocycles. The van der Waals surface area contributed by atoms with Gasteiger partial charge in [-0.2, -0.15) is 0 Å². The standard InChI is InChI=1S/C9H17N.2C2H6/c1-4-9(3)10-6-5-8(2)7-10;2*1-2/h4,8-9H,1,5-7H2,2-3H3;2*1-2H3. The number of rotatable bonds is 2. The van der Waals surface area contributed by atoms with E-state index < -0.39 is 0 Å². The molecule has 2 atom stereocenters. The first-order valence-electron chi connectivity index (χ1n) is 6.10. The van der Waals surface area contributed by atoms with E-state index in [9.17, 15) is 0 Å². The second-order valence-corrected chi connectivity index (χ2v) is 3.37. The van der Waals surface area contributed by atoms with Gasteiger partial charge in [0, 0.05) is 12.6 Å². The van der Waals surface area contributed by atoms with Crippen molar-refractivity contribution >= 4 is 0 Å². The highest BCUT2D eigenvalue weighted by Crippen LogP contribution is 2.17. The fraction of sp³-hybridized carbons (Fsp3) is 0.846. The summed E-state index contributed by atoms with van der Waals surface area (Å²) in [6.07, 6.45) is 3.39. The minimum absolute atomic E-state index is 0.574. The van der Waals surface area contributed by atoms with Gasteiger partial charge in [0.1, 0.15) is 0 Å². The quantitative estimate of drug-likeness (QED) is 0.609. The third-order valence-electron chi connectivity index (χ3n) is 2.37. The first-order valence-corrected chi connectivity index (χ1v) is 6.10. The smallest absolute Gasteiger partial charge is 0.0247 e. The Kier molecular flexibility index (Phi) is 12.4. The van der Waals surface area contributed by atoms with Crippen molar-refractivity contribution in [1.82, 2.24) is 4.90 Å². The van der Waals surface area contributed by atoms with E-state index in [1.54, 1.807) is 0 Å². The van der Waals surface area contributed by atoms with Crippen molar-refractivity contribution in [3.05, 3.63) is 12.7 Å². The summed E-state index contributed by atoms with van der Waals surface area (Å²) in [6.45, 7) is 18.8. The maximum atomic E-state index is 3.79. The Balaban J connectivity index is 0. The van der Waals surface area contributed by atoms with Crippen LogP contribution < -0.4 is 0 Å². The molecular formula is C13H29N. The van der Waals surface area contributed by atoms with Crippen LogP contribution in [0.1, 0.15) is 48.0 Å². The summed E-state index contributed by atoms with van der Waals surface area (Å²) < 4.78 is 0. The molecule has 0 aliphatic carbocycles. The lowest BCUT2D eigenvalue weighted by Gasteiger charge is -2.20. The first-order chi connectivity index (χ1) is 6.74.